The fourth-order valence-corrected chi connectivity index (χ4v) is 1.76. The van der Waals surface area contributed by atoms with E-state index in [0.29, 0.717) is 19.6 Å². The zero-order valence-electron chi connectivity index (χ0n) is 12.2. The minimum Gasteiger partial charge on any atom is -0.369 e. The fourth-order valence-electron chi connectivity index (χ4n) is 1.76. The van der Waals surface area contributed by atoms with Crippen LogP contribution in [-0.2, 0) is 16.0 Å². The van der Waals surface area contributed by atoms with Gasteiger partial charge in [0.05, 0.1) is 6.10 Å². The van der Waals surface area contributed by atoms with E-state index in [4.69, 9.17) is 10.5 Å². The normalized spacial score (nSPS) is 10.2. The maximum Gasteiger partial charge on any atom is 0.248 e. The molecule has 0 fully saturated rings. The number of carbonyl (C=O) groups excluding carboxylic acids is 1. The average Bonchev–Trinajstić information content (AvgIpc) is 2.42. The van der Waals surface area contributed by atoms with Gasteiger partial charge in [-0.05, 0) is 25.8 Å². The lowest BCUT2D eigenvalue weighted by Crippen LogP contribution is -2.39. The van der Waals surface area contributed by atoms with Gasteiger partial charge in [-0.15, -0.1) is 12.4 Å². The molecule has 1 amide bonds. The molecule has 0 atom stereocenters. The Labute approximate surface area is 127 Å². The molecule has 0 spiro atoms. The number of benzene rings is 1. The summed E-state index contributed by atoms with van der Waals surface area (Å²) in [6, 6.07) is 10.1. The largest absolute Gasteiger partial charge is 0.369 e. The van der Waals surface area contributed by atoms with Crippen molar-refractivity contribution in [3.05, 3.63) is 35.9 Å². The first-order valence-corrected chi connectivity index (χ1v) is 6.77. The molecule has 0 aliphatic heterocycles. The SMILES string of the molecule is CC(C)OCC(=O)N(CCN)CCc1ccccc1.Cl. The molecule has 0 aromatic heterocycles. The second kappa shape index (κ2) is 10.7. The Kier molecular flexibility index (Phi) is 10.1. The highest BCUT2D eigenvalue weighted by atomic mass is 35.5. The Bertz CT molecular complexity index is 371. The van der Waals surface area contributed by atoms with Crippen molar-refractivity contribution < 1.29 is 9.53 Å². The van der Waals surface area contributed by atoms with Crippen LogP contribution in [0.1, 0.15) is 19.4 Å². The molecule has 0 saturated heterocycles. The van der Waals surface area contributed by atoms with E-state index in [1.165, 1.54) is 5.56 Å². The van der Waals surface area contributed by atoms with Gasteiger partial charge in [-0.3, -0.25) is 4.79 Å². The van der Waals surface area contributed by atoms with Crippen molar-refractivity contribution in [1.82, 2.24) is 4.90 Å². The standard InChI is InChI=1S/C15H24N2O2.ClH/c1-13(2)19-12-15(18)17(11-9-16)10-8-14-6-4-3-5-7-14;/h3-7,13H,8-12,16H2,1-2H3;1H. The van der Waals surface area contributed by atoms with Crippen LogP contribution in [0, 0.1) is 0 Å². The van der Waals surface area contributed by atoms with E-state index >= 15 is 0 Å². The van der Waals surface area contributed by atoms with Gasteiger partial charge in [0.2, 0.25) is 5.91 Å². The second-order valence-electron chi connectivity index (χ2n) is 4.76. The molecular formula is C15H25ClN2O2. The summed E-state index contributed by atoms with van der Waals surface area (Å²) in [7, 11) is 0. The first kappa shape index (κ1) is 18.9. The highest BCUT2D eigenvalue weighted by Crippen LogP contribution is 2.02. The summed E-state index contributed by atoms with van der Waals surface area (Å²) in [4.78, 5) is 13.8. The van der Waals surface area contributed by atoms with Crippen molar-refractivity contribution in [3.63, 3.8) is 0 Å². The number of hydrogen-bond acceptors (Lipinski definition) is 3. The maximum atomic E-state index is 12.0. The Balaban J connectivity index is 0.00000361. The number of carbonyl (C=O) groups is 1. The van der Waals surface area contributed by atoms with Gasteiger partial charge in [0, 0.05) is 19.6 Å². The van der Waals surface area contributed by atoms with E-state index in [0.717, 1.165) is 6.42 Å². The van der Waals surface area contributed by atoms with Gasteiger partial charge in [-0.2, -0.15) is 0 Å². The number of nitrogens with two attached hydrogens (primary N) is 1. The summed E-state index contributed by atoms with van der Waals surface area (Å²) in [5.41, 5.74) is 6.78. The van der Waals surface area contributed by atoms with Crippen LogP contribution in [0.2, 0.25) is 0 Å². The Morgan fingerprint density at radius 2 is 1.90 bits per heavy atom. The summed E-state index contributed by atoms with van der Waals surface area (Å²) in [6.45, 7) is 5.71. The van der Waals surface area contributed by atoms with Crippen LogP contribution in [0.4, 0.5) is 0 Å². The molecule has 1 rings (SSSR count). The third-order valence-corrected chi connectivity index (χ3v) is 2.81. The maximum absolute atomic E-state index is 12.0. The molecule has 1 aromatic carbocycles. The number of halogens is 1. The topological polar surface area (TPSA) is 55.6 Å². The Morgan fingerprint density at radius 1 is 1.25 bits per heavy atom. The predicted molar refractivity (Wildman–Crippen MR) is 84.1 cm³/mol. The van der Waals surface area contributed by atoms with Crippen molar-refractivity contribution in [2.24, 2.45) is 5.73 Å². The van der Waals surface area contributed by atoms with Gasteiger partial charge in [-0.1, -0.05) is 30.3 Å². The first-order chi connectivity index (χ1) is 9.13. The van der Waals surface area contributed by atoms with Crippen LogP contribution in [0.25, 0.3) is 0 Å². The quantitative estimate of drug-likeness (QED) is 0.797. The van der Waals surface area contributed by atoms with Gasteiger partial charge in [0.15, 0.2) is 0 Å². The number of hydrogen-bond donors (Lipinski definition) is 1. The number of amides is 1. The second-order valence-corrected chi connectivity index (χ2v) is 4.76. The van der Waals surface area contributed by atoms with Crippen LogP contribution in [0.15, 0.2) is 30.3 Å². The molecule has 1 aromatic rings. The molecular weight excluding hydrogens is 276 g/mol. The average molecular weight is 301 g/mol. The Hall–Kier alpha value is -1.10. The van der Waals surface area contributed by atoms with Crippen LogP contribution >= 0.6 is 12.4 Å². The molecule has 0 radical (unpaired) electrons. The fraction of sp³-hybridized carbons (Fsp3) is 0.533. The van der Waals surface area contributed by atoms with Crippen molar-refractivity contribution in [1.29, 1.82) is 0 Å². The van der Waals surface area contributed by atoms with Gasteiger partial charge in [0.1, 0.15) is 6.61 Å². The molecule has 20 heavy (non-hydrogen) atoms. The number of ether oxygens (including phenoxy) is 1. The molecule has 0 unspecified atom stereocenters. The molecule has 2 N–H and O–H groups in total. The summed E-state index contributed by atoms with van der Waals surface area (Å²) >= 11 is 0. The summed E-state index contributed by atoms with van der Waals surface area (Å²) in [5.74, 6) is 0.00933. The molecule has 0 bridgehead atoms. The monoisotopic (exact) mass is 300 g/mol. The van der Waals surface area contributed by atoms with E-state index in [1.54, 1.807) is 4.90 Å². The minimum atomic E-state index is 0. The van der Waals surface area contributed by atoms with E-state index < -0.39 is 0 Å². The number of nitrogens with zero attached hydrogens (tertiary/aromatic N) is 1. The number of rotatable bonds is 8. The predicted octanol–water partition coefficient (Wildman–Crippen LogP) is 1.86. The highest BCUT2D eigenvalue weighted by Gasteiger charge is 2.13. The highest BCUT2D eigenvalue weighted by molar-refractivity contribution is 5.85. The summed E-state index contributed by atoms with van der Waals surface area (Å²) < 4.78 is 5.35. The minimum absolute atomic E-state index is 0. The van der Waals surface area contributed by atoms with Gasteiger partial charge in [0.25, 0.3) is 0 Å². The van der Waals surface area contributed by atoms with Crippen molar-refractivity contribution in [2.75, 3.05) is 26.2 Å². The van der Waals surface area contributed by atoms with Crippen LogP contribution < -0.4 is 5.73 Å². The van der Waals surface area contributed by atoms with Crippen molar-refractivity contribution >= 4 is 18.3 Å². The van der Waals surface area contributed by atoms with Crippen LogP contribution in [0.5, 0.6) is 0 Å². The van der Waals surface area contributed by atoms with Gasteiger partial charge in [-0.25, -0.2) is 0 Å². The van der Waals surface area contributed by atoms with E-state index in [9.17, 15) is 4.79 Å². The van der Waals surface area contributed by atoms with Crippen molar-refractivity contribution in [2.45, 2.75) is 26.4 Å². The molecule has 0 aliphatic carbocycles. The van der Waals surface area contributed by atoms with Crippen LogP contribution in [-0.4, -0.2) is 43.2 Å². The van der Waals surface area contributed by atoms with E-state index in [2.05, 4.69) is 12.1 Å². The molecule has 0 aliphatic rings. The molecule has 0 heterocycles. The van der Waals surface area contributed by atoms with Crippen molar-refractivity contribution in [3.8, 4) is 0 Å². The molecule has 4 nitrogen and oxygen atoms in total. The third kappa shape index (κ3) is 7.48. The first-order valence-electron chi connectivity index (χ1n) is 6.77. The zero-order valence-corrected chi connectivity index (χ0v) is 13.1. The molecule has 0 saturated carbocycles. The summed E-state index contributed by atoms with van der Waals surface area (Å²) in [5, 5.41) is 0. The lowest BCUT2D eigenvalue weighted by Gasteiger charge is -2.22. The van der Waals surface area contributed by atoms with E-state index in [1.807, 2.05) is 32.0 Å². The third-order valence-electron chi connectivity index (χ3n) is 2.81. The lowest BCUT2D eigenvalue weighted by atomic mass is 10.1. The zero-order chi connectivity index (χ0) is 14.1. The van der Waals surface area contributed by atoms with Crippen LogP contribution in [0.3, 0.4) is 0 Å². The lowest BCUT2D eigenvalue weighted by molar-refractivity contribution is -0.137. The molecule has 114 valence electrons. The van der Waals surface area contributed by atoms with E-state index in [-0.39, 0.29) is 31.0 Å². The van der Waals surface area contributed by atoms with Gasteiger partial charge >= 0.3 is 0 Å². The summed E-state index contributed by atoms with van der Waals surface area (Å²) in [6.07, 6.45) is 0.909. The Morgan fingerprint density at radius 3 is 2.45 bits per heavy atom. The molecule has 5 heteroatoms. The smallest absolute Gasteiger partial charge is 0.248 e. The van der Waals surface area contributed by atoms with Gasteiger partial charge < -0.3 is 15.4 Å².